The molecule has 0 spiro atoms. The van der Waals surface area contributed by atoms with Gasteiger partial charge < -0.3 is 9.13 Å². The van der Waals surface area contributed by atoms with Crippen LogP contribution < -0.4 is 0 Å². The van der Waals surface area contributed by atoms with Gasteiger partial charge in [-0.2, -0.15) is 10.5 Å². The van der Waals surface area contributed by atoms with E-state index in [1.165, 1.54) is 0 Å². The first-order valence-corrected chi connectivity index (χ1v) is 18.0. The summed E-state index contributed by atoms with van der Waals surface area (Å²) in [4.78, 5) is 0. The first-order valence-electron chi connectivity index (χ1n) is 18.0. The van der Waals surface area contributed by atoms with Crippen molar-refractivity contribution in [2.45, 2.75) is 0 Å². The summed E-state index contributed by atoms with van der Waals surface area (Å²) in [5.41, 5.74) is 13.5. The van der Waals surface area contributed by atoms with Crippen molar-refractivity contribution in [2.75, 3.05) is 0 Å². The minimum Gasteiger partial charge on any atom is -0.309 e. The van der Waals surface area contributed by atoms with E-state index in [-0.39, 0.29) is 0 Å². The lowest BCUT2D eigenvalue weighted by Gasteiger charge is -2.17. The molecular weight excluding hydrogens is 657 g/mol. The third-order valence-corrected chi connectivity index (χ3v) is 10.6. The Bertz CT molecular complexity index is 3060. The van der Waals surface area contributed by atoms with Crippen LogP contribution in [-0.2, 0) is 0 Å². The van der Waals surface area contributed by atoms with Gasteiger partial charge in [-0.05, 0) is 89.0 Å². The maximum Gasteiger partial charge on any atom is 0.0998 e. The van der Waals surface area contributed by atoms with Crippen LogP contribution in [0.3, 0.4) is 0 Å². The molecule has 10 rings (SSSR count). The highest BCUT2D eigenvalue weighted by atomic mass is 15.0. The molecule has 10 aromatic rings. The van der Waals surface area contributed by atoms with Crippen molar-refractivity contribution in [1.82, 2.24) is 9.13 Å². The highest BCUT2D eigenvalue weighted by molar-refractivity contribution is 6.15. The fourth-order valence-electron chi connectivity index (χ4n) is 8.10. The Hall–Kier alpha value is -7.66. The van der Waals surface area contributed by atoms with Crippen LogP contribution in [0.25, 0.3) is 88.4 Å². The topological polar surface area (TPSA) is 57.4 Å². The maximum absolute atomic E-state index is 10.5. The van der Waals surface area contributed by atoms with Gasteiger partial charge in [0.2, 0.25) is 0 Å². The third-order valence-electron chi connectivity index (χ3n) is 10.6. The van der Waals surface area contributed by atoms with Crippen LogP contribution in [0.15, 0.2) is 182 Å². The quantitative estimate of drug-likeness (QED) is 0.181. The monoisotopic (exact) mass is 686 g/mol. The zero-order chi connectivity index (χ0) is 36.2. The van der Waals surface area contributed by atoms with E-state index in [0.29, 0.717) is 11.1 Å². The molecule has 0 fully saturated rings. The number of nitrogens with zero attached hydrogens (tertiary/aromatic N) is 4. The molecule has 0 atom stereocenters. The van der Waals surface area contributed by atoms with E-state index in [1.807, 2.05) is 24.3 Å². The largest absolute Gasteiger partial charge is 0.309 e. The van der Waals surface area contributed by atoms with E-state index in [0.717, 1.165) is 88.4 Å². The van der Waals surface area contributed by atoms with Crippen LogP contribution in [0.1, 0.15) is 11.1 Å². The second kappa shape index (κ2) is 12.5. The van der Waals surface area contributed by atoms with Crippen LogP contribution in [0.4, 0.5) is 0 Å². The minimum absolute atomic E-state index is 0.454. The lowest BCUT2D eigenvalue weighted by atomic mass is 9.95. The van der Waals surface area contributed by atoms with E-state index in [9.17, 15) is 10.5 Å². The second-order valence-electron chi connectivity index (χ2n) is 13.6. The van der Waals surface area contributed by atoms with Gasteiger partial charge in [0.05, 0.1) is 51.0 Å². The molecule has 0 unspecified atom stereocenters. The van der Waals surface area contributed by atoms with Crippen molar-refractivity contribution in [3.05, 3.63) is 193 Å². The summed E-state index contributed by atoms with van der Waals surface area (Å²) in [6.45, 7) is 0. The Morgan fingerprint density at radius 1 is 0.352 bits per heavy atom. The maximum atomic E-state index is 10.5. The number of nitriles is 2. The molecule has 0 amide bonds. The van der Waals surface area contributed by atoms with Gasteiger partial charge in [-0.15, -0.1) is 0 Å². The van der Waals surface area contributed by atoms with Crippen LogP contribution in [0, 0.1) is 22.7 Å². The fraction of sp³-hybridized carbons (Fsp3) is 0. The first-order chi connectivity index (χ1) is 26.7. The molecule has 8 aromatic carbocycles. The molecule has 0 radical (unpaired) electrons. The predicted molar refractivity (Wildman–Crippen MR) is 221 cm³/mol. The van der Waals surface area contributed by atoms with Gasteiger partial charge in [0, 0.05) is 38.4 Å². The molecule has 2 heterocycles. The highest BCUT2D eigenvalue weighted by Crippen LogP contribution is 2.43. The summed E-state index contributed by atoms with van der Waals surface area (Å²) in [5, 5.41) is 24.9. The second-order valence-corrected chi connectivity index (χ2v) is 13.6. The molecule has 0 saturated heterocycles. The Morgan fingerprint density at radius 3 is 1.52 bits per heavy atom. The van der Waals surface area contributed by atoms with Crippen LogP contribution in [-0.4, -0.2) is 9.13 Å². The third kappa shape index (κ3) is 4.90. The summed E-state index contributed by atoms with van der Waals surface area (Å²) in [7, 11) is 0. The number of benzene rings is 8. The number of fused-ring (bicyclic) bond motifs is 6. The molecule has 4 heteroatoms. The zero-order valence-corrected chi connectivity index (χ0v) is 29.1. The van der Waals surface area contributed by atoms with Gasteiger partial charge in [0.25, 0.3) is 0 Å². The van der Waals surface area contributed by atoms with Crippen LogP contribution in [0.2, 0.25) is 0 Å². The predicted octanol–water partition coefficient (Wildman–Crippen LogP) is 12.6. The van der Waals surface area contributed by atoms with E-state index < -0.39 is 0 Å². The van der Waals surface area contributed by atoms with Crippen molar-refractivity contribution in [2.24, 2.45) is 0 Å². The molecule has 2 aromatic heterocycles. The van der Waals surface area contributed by atoms with E-state index in [2.05, 4.69) is 167 Å². The smallest absolute Gasteiger partial charge is 0.0998 e. The van der Waals surface area contributed by atoms with E-state index in [4.69, 9.17) is 0 Å². The van der Waals surface area contributed by atoms with Crippen molar-refractivity contribution in [3.63, 3.8) is 0 Å². The lowest BCUT2D eigenvalue weighted by molar-refractivity contribution is 1.17. The molecule has 0 aliphatic heterocycles. The number of para-hydroxylation sites is 2. The fourth-order valence-corrected chi connectivity index (χ4v) is 8.10. The SMILES string of the molecule is N#Cc1ccc(-c2cc3c(cc2-n2c4ccc(-c5ccccc5)cc4c4cc(-c5ccccc5)ccc42)c2ccccc2n3-c2ccccc2)c(C#N)c1. The Kier molecular flexibility index (Phi) is 7.22. The summed E-state index contributed by atoms with van der Waals surface area (Å²) in [6.07, 6.45) is 0. The van der Waals surface area contributed by atoms with Gasteiger partial charge in [0.1, 0.15) is 0 Å². The summed E-state index contributed by atoms with van der Waals surface area (Å²) in [5.74, 6) is 0. The van der Waals surface area contributed by atoms with Crippen molar-refractivity contribution in [1.29, 1.82) is 10.5 Å². The van der Waals surface area contributed by atoms with Gasteiger partial charge in [-0.1, -0.05) is 115 Å². The summed E-state index contributed by atoms with van der Waals surface area (Å²) >= 11 is 0. The zero-order valence-electron chi connectivity index (χ0n) is 29.1. The molecule has 0 N–H and O–H groups in total. The molecule has 0 aliphatic rings. The molecular formula is C50H30N4. The molecule has 0 aliphatic carbocycles. The van der Waals surface area contributed by atoms with E-state index >= 15 is 0 Å². The van der Waals surface area contributed by atoms with Gasteiger partial charge in [-0.25, -0.2) is 0 Å². The Morgan fingerprint density at radius 2 is 0.907 bits per heavy atom. The molecule has 4 nitrogen and oxygen atoms in total. The molecule has 0 bridgehead atoms. The van der Waals surface area contributed by atoms with Gasteiger partial charge in [-0.3, -0.25) is 0 Å². The van der Waals surface area contributed by atoms with Crippen molar-refractivity contribution < 1.29 is 0 Å². The first kappa shape index (κ1) is 31.1. The average Bonchev–Trinajstić information content (AvgIpc) is 3.75. The normalized spacial score (nSPS) is 11.3. The van der Waals surface area contributed by atoms with Crippen LogP contribution in [0.5, 0.6) is 0 Å². The van der Waals surface area contributed by atoms with Crippen molar-refractivity contribution in [3.8, 4) is 56.9 Å². The van der Waals surface area contributed by atoms with Crippen molar-refractivity contribution >= 4 is 43.6 Å². The summed E-state index contributed by atoms with van der Waals surface area (Å²) < 4.78 is 4.66. The number of hydrogen-bond acceptors (Lipinski definition) is 2. The molecule has 54 heavy (non-hydrogen) atoms. The van der Waals surface area contributed by atoms with Crippen LogP contribution >= 0.6 is 0 Å². The minimum atomic E-state index is 0.454. The molecule has 0 saturated carbocycles. The lowest BCUT2D eigenvalue weighted by Crippen LogP contribution is -2.00. The van der Waals surface area contributed by atoms with Gasteiger partial charge in [0.15, 0.2) is 0 Å². The summed E-state index contributed by atoms with van der Waals surface area (Å²) in [6, 6.07) is 68.0. The highest BCUT2D eigenvalue weighted by Gasteiger charge is 2.22. The van der Waals surface area contributed by atoms with Gasteiger partial charge >= 0.3 is 0 Å². The standard InChI is InChI=1S/C50H30N4/c51-31-33-20-23-40(38(26-33)32-52)44-29-49-45(41-18-10-11-19-46(41)53(49)39-16-8-3-9-17-39)30-50(44)54-47-24-21-36(34-12-4-1-5-13-34)27-42(47)43-28-37(22-25-48(43)54)35-14-6-2-7-15-35/h1-30H. The Balaban J connectivity index is 1.36. The average molecular weight is 687 g/mol. The number of hydrogen-bond donors (Lipinski definition) is 0. The number of aromatic nitrogens is 2. The molecule has 250 valence electrons. The number of rotatable bonds is 5. The Labute approximate surface area is 312 Å². The van der Waals surface area contributed by atoms with E-state index in [1.54, 1.807) is 12.1 Å².